The van der Waals surface area contributed by atoms with E-state index in [0.717, 1.165) is 0 Å². The van der Waals surface area contributed by atoms with Crippen LogP contribution in [0.25, 0.3) is 0 Å². The van der Waals surface area contributed by atoms with E-state index in [1.165, 1.54) is 6.92 Å². The van der Waals surface area contributed by atoms with Gasteiger partial charge >= 0.3 is 8.56 Å². The monoisotopic (exact) mass is 191 g/mol. The van der Waals surface area contributed by atoms with Crippen LogP contribution < -0.4 is 0 Å². The molecule has 70 valence electrons. The van der Waals surface area contributed by atoms with Crippen LogP contribution >= 0.6 is 0 Å². The van der Waals surface area contributed by atoms with Crippen LogP contribution in [0.1, 0.15) is 6.92 Å². The van der Waals surface area contributed by atoms with Gasteiger partial charge in [0.2, 0.25) is 0 Å². The zero-order valence-corrected chi connectivity index (χ0v) is 8.49. The normalized spacial score (nSPS) is 26.6. The summed E-state index contributed by atoms with van der Waals surface area (Å²) < 4.78 is 10.6. The van der Waals surface area contributed by atoms with E-state index in [-0.39, 0.29) is 18.1 Å². The third-order valence-electron chi connectivity index (χ3n) is 1.90. The molecule has 0 atom stereocenters. The first kappa shape index (κ1) is 9.62. The molecule has 0 spiro atoms. The molecular formula is C6H13NO4Si. The van der Waals surface area contributed by atoms with Crippen molar-refractivity contribution in [3.8, 4) is 0 Å². The molecule has 0 aliphatic carbocycles. The molecule has 0 aromatic heterocycles. The van der Waals surface area contributed by atoms with Crippen LogP contribution in [0.4, 0.5) is 0 Å². The zero-order chi connectivity index (χ0) is 9.41. The molecule has 0 aromatic rings. The van der Waals surface area contributed by atoms with Crippen molar-refractivity contribution < 1.29 is 13.8 Å². The highest BCUT2D eigenvalue weighted by Crippen LogP contribution is 2.22. The van der Waals surface area contributed by atoms with Crippen LogP contribution in [0.2, 0.25) is 13.1 Å². The highest BCUT2D eigenvalue weighted by atomic mass is 28.4. The smallest absolute Gasteiger partial charge is 0.332 e. The summed E-state index contributed by atoms with van der Waals surface area (Å²) in [5.74, 6) is 0. The maximum atomic E-state index is 10.5. The largest absolute Gasteiger partial charge is 0.387 e. The van der Waals surface area contributed by atoms with Crippen molar-refractivity contribution in [1.29, 1.82) is 0 Å². The van der Waals surface area contributed by atoms with Crippen molar-refractivity contribution in [2.75, 3.05) is 13.2 Å². The van der Waals surface area contributed by atoms with Crippen LogP contribution in [-0.2, 0) is 8.85 Å². The third kappa shape index (κ3) is 1.82. The van der Waals surface area contributed by atoms with Crippen molar-refractivity contribution in [1.82, 2.24) is 0 Å². The van der Waals surface area contributed by atoms with Gasteiger partial charge in [-0.1, -0.05) is 0 Å². The van der Waals surface area contributed by atoms with E-state index in [4.69, 9.17) is 8.85 Å². The van der Waals surface area contributed by atoms with E-state index in [9.17, 15) is 10.1 Å². The Morgan fingerprint density at radius 3 is 2.17 bits per heavy atom. The molecule has 12 heavy (non-hydrogen) atoms. The summed E-state index contributed by atoms with van der Waals surface area (Å²) in [5.41, 5.74) is -1.05. The van der Waals surface area contributed by atoms with E-state index < -0.39 is 14.1 Å². The van der Waals surface area contributed by atoms with E-state index in [0.29, 0.717) is 0 Å². The fraction of sp³-hybridized carbons (Fsp3) is 1.00. The van der Waals surface area contributed by atoms with Crippen LogP contribution in [0.5, 0.6) is 0 Å². The molecule has 1 aliphatic rings. The van der Waals surface area contributed by atoms with Crippen LogP contribution in [0.15, 0.2) is 0 Å². The second kappa shape index (κ2) is 2.79. The van der Waals surface area contributed by atoms with Crippen molar-refractivity contribution >= 4 is 8.56 Å². The predicted octanol–water partition coefficient (Wildman–Crippen LogP) is 0.770. The Morgan fingerprint density at radius 2 is 1.83 bits per heavy atom. The molecule has 1 fully saturated rings. The SMILES string of the molecule is CC1([N+](=O)[O-])CO[Si](C)(C)OC1. The molecule has 0 aromatic carbocycles. The zero-order valence-electron chi connectivity index (χ0n) is 7.49. The number of nitrogens with zero attached hydrogens (tertiary/aromatic N) is 1. The summed E-state index contributed by atoms with van der Waals surface area (Å²) in [7, 11) is -2.03. The van der Waals surface area contributed by atoms with Gasteiger partial charge < -0.3 is 8.85 Å². The first-order chi connectivity index (χ1) is 5.36. The molecule has 1 heterocycles. The van der Waals surface area contributed by atoms with E-state index in [2.05, 4.69) is 0 Å². The Morgan fingerprint density at radius 1 is 1.42 bits per heavy atom. The standard InChI is InChI=1S/C6H13NO4Si/c1-6(7(8)9)4-10-12(2,3)11-5-6/h4-5H2,1-3H3. The Labute approximate surface area is 72.1 Å². The second-order valence-electron chi connectivity index (χ2n) is 3.73. The Balaban J connectivity index is 2.62. The molecule has 6 heteroatoms. The van der Waals surface area contributed by atoms with Gasteiger partial charge in [0.1, 0.15) is 13.2 Å². The first-order valence-electron chi connectivity index (χ1n) is 3.78. The van der Waals surface area contributed by atoms with Gasteiger partial charge in [-0.05, 0) is 13.1 Å². The molecular weight excluding hydrogens is 178 g/mol. The summed E-state index contributed by atoms with van der Waals surface area (Å²) in [4.78, 5) is 10.2. The number of nitro groups is 1. The van der Waals surface area contributed by atoms with E-state index >= 15 is 0 Å². The summed E-state index contributed by atoms with van der Waals surface area (Å²) >= 11 is 0. The van der Waals surface area contributed by atoms with Crippen molar-refractivity contribution in [3.05, 3.63) is 10.1 Å². The molecule has 5 nitrogen and oxygen atoms in total. The second-order valence-corrected chi connectivity index (χ2v) is 7.11. The highest BCUT2D eigenvalue weighted by molar-refractivity contribution is 6.64. The lowest BCUT2D eigenvalue weighted by Gasteiger charge is -2.34. The molecule has 1 saturated heterocycles. The highest BCUT2D eigenvalue weighted by Gasteiger charge is 2.46. The van der Waals surface area contributed by atoms with E-state index in [1.807, 2.05) is 13.1 Å². The fourth-order valence-corrected chi connectivity index (χ4v) is 2.25. The van der Waals surface area contributed by atoms with Crippen molar-refractivity contribution in [2.24, 2.45) is 0 Å². The van der Waals surface area contributed by atoms with Crippen LogP contribution in [0.3, 0.4) is 0 Å². The first-order valence-corrected chi connectivity index (χ1v) is 6.60. The molecule has 0 unspecified atom stereocenters. The minimum Gasteiger partial charge on any atom is -0.387 e. The quantitative estimate of drug-likeness (QED) is 0.349. The van der Waals surface area contributed by atoms with Gasteiger partial charge in [0.05, 0.1) is 0 Å². The van der Waals surface area contributed by atoms with Gasteiger partial charge in [-0.15, -0.1) is 0 Å². The lowest BCUT2D eigenvalue weighted by atomic mass is 10.1. The molecule has 0 amide bonds. The molecule has 0 bridgehead atoms. The van der Waals surface area contributed by atoms with Crippen molar-refractivity contribution in [3.63, 3.8) is 0 Å². The van der Waals surface area contributed by atoms with Crippen LogP contribution in [0, 0.1) is 10.1 Å². The lowest BCUT2D eigenvalue weighted by molar-refractivity contribution is -0.574. The molecule has 1 rings (SSSR count). The van der Waals surface area contributed by atoms with Crippen LogP contribution in [-0.4, -0.2) is 32.2 Å². The Bertz CT molecular complexity index is 196. The summed E-state index contributed by atoms with van der Waals surface area (Å²) in [6.45, 7) is 5.63. The maximum absolute atomic E-state index is 10.5. The van der Waals surface area contributed by atoms with Gasteiger partial charge in [0.25, 0.3) is 5.54 Å². The number of hydrogen-bond donors (Lipinski definition) is 0. The molecule has 0 saturated carbocycles. The van der Waals surface area contributed by atoms with E-state index in [1.54, 1.807) is 0 Å². The molecule has 0 N–H and O–H groups in total. The fourth-order valence-electron chi connectivity index (χ4n) is 0.847. The number of rotatable bonds is 1. The van der Waals surface area contributed by atoms with Gasteiger partial charge in [0.15, 0.2) is 0 Å². The topological polar surface area (TPSA) is 61.6 Å². The van der Waals surface area contributed by atoms with Gasteiger partial charge in [-0.2, -0.15) is 0 Å². The molecule has 0 radical (unpaired) electrons. The minimum atomic E-state index is -2.03. The van der Waals surface area contributed by atoms with Crippen molar-refractivity contribution in [2.45, 2.75) is 25.6 Å². The average molecular weight is 191 g/mol. The Hall–Kier alpha value is -0.463. The summed E-state index contributed by atoms with van der Waals surface area (Å²) in [6.07, 6.45) is 0. The summed E-state index contributed by atoms with van der Waals surface area (Å²) in [6, 6.07) is 0. The summed E-state index contributed by atoms with van der Waals surface area (Å²) in [5, 5.41) is 10.5. The average Bonchev–Trinajstić information content (AvgIpc) is 1.96. The molecule has 1 aliphatic heterocycles. The van der Waals surface area contributed by atoms with Gasteiger partial charge in [-0.3, -0.25) is 10.1 Å². The van der Waals surface area contributed by atoms with Gasteiger partial charge in [0, 0.05) is 11.8 Å². The van der Waals surface area contributed by atoms with Gasteiger partial charge in [-0.25, -0.2) is 0 Å². The maximum Gasteiger partial charge on any atom is 0.332 e. The lowest BCUT2D eigenvalue weighted by Crippen LogP contribution is -2.56. The third-order valence-corrected chi connectivity index (χ3v) is 3.58. The Kier molecular flexibility index (Phi) is 2.24. The predicted molar refractivity (Wildman–Crippen MR) is 44.8 cm³/mol. The minimum absolute atomic E-state index is 0.166. The number of hydrogen-bond acceptors (Lipinski definition) is 4.